The minimum Gasteiger partial charge on any atom is -0.342 e. The largest absolute Gasteiger partial charge is 0.342 e. The summed E-state index contributed by atoms with van der Waals surface area (Å²) in [5, 5.41) is 9.73. The van der Waals surface area contributed by atoms with Crippen LogP contribution in [0.15, 0.2) is 24.3 Å². The Morgan fingerprint density at radius 2 is 2.16 bits per heavy atom. The van der Waals surface area contributed by atoms with Gasteiger partial charge in [0.05, 0.1) is 17.9 Å². The Morgan fingerprint density at radius 3 is 2.74 bits per heavy atom. The number of likely N-dealkylation sites (tertiary alicyclic amines) is 1. The first-order chi connectivity index (χ1) is 9.02. The van der Waals surface area contributed by atoms with Crippen molar-refractivity contribution >= 4 is 17.5 Å². The highest BCUT2D eigenvalue weighted by Gasteiger charge is 2.31. The summed E-state index contributed by atoms with van der Waals surface area (Å²) in [5.74, 6) is 0.113. The highest BCUT2D eigenvalue weighted by Crippen LogP contribution is 2.30. The number of hydrogen-bond donors (Lipinski definition) is 0. The molecule has 0 unspecified atom stereocenters. The van der Waals surface area contributed by atoms with Gasteiger partial charge in [-0.15, -0.1) is 0 Å². The van der Waals surface area contributed by atoms with Crippen LogP contribution in [0.5, 0.6) is 0 Å². The first-order valence-corrected chi connectivity index (χ1v) is 6.84. The van der Waals surface area contributed by atoms with Crippen LogP contribution in [0.2, 0.25) is 5.02 Å². The average molecular weight is 277 g/mol. The molecular weight excluding hydrogens is 260 g/mol. The topological polar surface area (TPSA) is 44.1 Å². The lowest BCUT2D eigenvalue weighted by atomic mass is 9.82. The van der Waals surface area contributed by atoms with Crippen molar-refractivity contribution in [1.82, 2.24) is 4.90 Å². The van der Waals surface area contributed by atoms with Gasteiger partial charge in [0.15, 0.2) is 0 Å². The second kappa shape index (κ2) is 5.63. The first-order valence-electron chi connectivity index (χ1n) is 6.46. The highest BCUT2D eigenvalue weighted by molar-refractivity contribution is 6.30. The minimum absolute atomic E-state index is 0.113. The molecule has 1 amide bonds. The molecule has 0 spiro atoms. The van der Waals surface area contributed by atoms with Gasteiger partial charge >= 0.3 is 0 Å². The van der Waals surface area contributed by atoms with Crippen LogP contribution in [0.1, 0.15) is 25.3 Å². The number of benzene rings is 1. The summed E-state index contributed by atoms with van der Waals surface area (Å²) in [6, 6.07) is 9.73. The monoisotopic (exact) mass is 276 g/mol. The molecule has 0 atom stereocenters. The Kier molecular flexibility index (Phi) is 4.11. The van der Waals surface area contributed by atoms with Crippen LogP contribution in [0.4, 0.5) is 0 Å². The Labute approximate surface area is 118 Å². The van der Waals surface area contributed by atoms with E-state index in [1.807, 2.05) is 30.0 Å². The fraction of sp³-hybridized carbons (Fsp3) is 0.467. The maximum Gasteiger partial charge on any atom is 0.226 e. The third-order valence-corrected chi connectivity index (χ3v) is 3.97. The van der Waals surface area contributed by atoms with Gasteiger partial charge < -0.3 is 4.90 Å². The summed E-state index contributed by atoms with van der Waals surface area (Å²) < 4.78 is 0. The Bertz CT molecular complexity index is 513. The van der Waals surface area contributed by atoms with Crippen LogP contribution >= 0.6 is 11.6 Å². The zero-order chi connectivity index (χ0) is 13.9. The quantitative estimate of drug-likeness (QED) is 0.833. The third kappa shape index (κ3) is 3.48. The number of nitriles is 1. The van der Waals surface area contributed by atoms with Gasteiger partial charge in [-0.1, -0.05) is 23.7 Å². The standard InChI is InChI=1S/C15H17ClN2O/c1-15(11-17)5-7-18(8-6-15)14(19)10-12-3-2-4-13(16)9-12/h2-4,9H,5-8,10H2,1H3. The molecule has 4 heteroatoms. The van der Waals surface area contributed by atoms with Gasteiger partial charge in [-0.05, 0) is 37.5 Å². The molecule has 0 aliphatic carbocycles. The molecule has 1 saturated heterocycles. The molecule has 3 nitrogen and oxygen atoms in total. The van der Waals surface area contributed by atoms with Crippen LogP contribution in [0, 0.1) is 16.7 Å². The molecule has 100 valence electrons. The average Bonchev–Trinajstić information content (AvgIpc) is 2.39. The predicted octanol–water partition coefficient (Wildman–Crippen LogP) is 3.03. The molecule has 0 saturated carbocycles. The van der Waals surface area contributed by atoms with Crippen molar-refractivity contribution in [3.63, 3.8) is 0 Å². The Hall–Kier alpha value is -1.53. The lowest BCUT2D eigenvalue weighted by Gasteiger charge is -2.35. The number of halogens is 1. The Morgan fingerprint density at radius 1 is 1.47 bits per heavy atom. The summed E-state index contributed by atoms with van der Waals surface area (Å²) in [7, 11) is 0. The maximum absolute atomic E-state index is 12.2. The van der Waals surface area contributed by atoms with E-state index in [1.165, 1.54) is 0 Å². The summed E-state index contributed by atoms with van der Waals surface area (Å²) in [4.78, 5) is 14.0. The normalized spacial score (nSPS) is 17.8. The van der Waals surface area contributed by atoms with Crippen molar-refractivity contribution < 1.29 is 4.79 Å². The zero-order valence-corrected chi connectivity index (χ0v) is 11.8. The van der Waals surface area contributed by atoms with Crippen molar-refractivity contribution in [2.45, 2.75) is 26.2 Å². The van der Waals surface area contributed by atoms with E-state index in [-0.39, 0.29) is 11.3 Å². The second-order valence-electron chi connectivity index (χ2n) is 5.36. The molecule has 0 N–H and O–H groups in total. The van der Waals surface area contributed by atoms with Crippen molar-refractivity contribution in [1.29, 1.82) is 5.26 Å². The lowest BCUT2D eigenvalue weighted by molar-refractivity contribution is -0.132. The summed E-state index contributed by atoms with van der Waals surface area (Å²) in [5.41, 5.74) is 0.665. The number of piperidine rings is 1. The third-order valence-electron chi connectivity index (χ3n) is 3.73. The minimum atomic E-state index is -0.271. The van der Waals surface area contributed by atoms with E-state index in [1.54, 1.807) is 6.07 Å². The summed E-state index contributed by atoms with van der Waals surface area (Å²) in [6.45, 7) is 3.30. The van der Waals surface area contributed by atoms with Gasteiger partial charge in [0, 0.05) is 18.1 Å². The van der Waals surface area contributed by atoms with Gasteiger partial charge in [0.25, 0.3) is 0 Å². The van der Waals surface area contributed by atoms with Gasteiger partial charge in [0.2, 0.25) is 5.91 Å². The van der Waals surface area contributed by atoms with E-state index in [0.29, 0.717) is 24.5 Å². The molecule has 19 heavy (non-hydrogen) atoms. The van der Waals surface area contributed by atoms with E-state index in [2.05, 4.69) is 6.07 Å². The lowest BCUT2D eigenvalue weighted by Crippen LogP contribution is -2.42. The predicted molar refractivity (Wildman–Crippen MR) is 74.7 cm³/mol. The molecule has 1 fully saturated rings. The fourth-order valence-corrected chi connectivity index (χ4v) is 2.51. The van der Waals surface area contributed by atoms with Gasteiger partial charge in [0.1, 0.15) is 0 Å². The van der Waals surface area contributed by atoms with Crippen LogP contribution in [0.25, 0.3) is 0 Å². The van der Waals surface area contributed by atoms with E-state index in [9.17, 15) is 4.79 Å². The smallest absolute Gasteiger partial charge is 0.226 e. The van der Waals surface area contributed by atoms with Gasteiger partial charge in [-0.2, -0.15) is 5.26 Å². The van der Waals surface area contributed by atoms with E-state index < -0.39 is 0 Å². The molecule has 1 heterocycles. The molecule has 2 rings (SSSR count). The van der Waals surface area contributed by atoms with Crippen LogP contribution in [-0.4, -0.2) is 23.9 Å². The number of amides is 1. The SMILES string of the molecule is CC1(C#N)CCN(C(=O)Cc2cccc(Cl)c2)CC1. The molecule has 0 bridgehead atoms. The number of carbonyl (C=O) groups excluding carboxylic acids is 1. The zero-order valence-electron chi connectivity index (χ0n) is 11.0. The number of rotatable bonds is 2. The number of carbonyl (C=O) groups is 1. The Balaban J connectivity index is 1.94. The summed E-state index contributed by atoms with van der Waals surface area (Å²) >= 11 is 5.91. The van der Waals surface area contributed by atoms with Crippen LogP contribution < -0.4 is 0 Å². The molecule has 0 aromatic heterocycles. The van der Waals surface area contributed by atoms with Crippen molar-refractivity contribution in [3.8, 4) is 6.07 Å². The number of hydrogen-bond acceptors (Lipinski definition) is 2. The maximum atomic E-state index is 12.2. The molecule has 1 aromatic rings. The highest BCUT2D eigenvalue weighted by atomic mass is 35.5. The molecular formula is C15H17ClN2O. The van der Waals surface area contributed by atoms with E-state index in [0.717, 1.165) is 18.4 Å². The van der Waals surface area contributed by atoms with Gasteiger partial charge in [-0.3, -0.25) is 4.79 Å². The molecule has 0 radical (unpaired) electrons. The molecule has 1 aliphatic heterocycles. The number of nitrogens with zero attached hydrogens (tertiary/aromatic N) is 2. The van der Waals surface area contributed by atoms with Gasteiger partial charge in [-0.25, -0.2) is 0 Å². The van der Waals surface area contributed by atoms with Crippen molar-refractivity contribution in [3.05, 3.63) is 34.9 Å². The van der Waals surface area contributed by atoms with Crippen molar-refractivity contribution in [2.75, 3.05) is 13.1 Å². The summed E-state index contributed by atoms with van der Waals surface area (Å²) in [6.07, 6.45) is 1.89. The first kappa shape index (κ1) is 13.9. The van der Waals surface area contributed by atoms with Crippen LogP contribution in [0.3, 0.4) is 0 Å². The molecule has 1 aromatic carbocycles. The van der Waals surface area contributed by atoms with E-state index >= 15 is 0 Å². The van der Waals surface area contributed by atoms with Crippen LogP contribution in [-0.2, 0) is 11.2 Å². The molecule has 1 aliphatic rings. The van der Waals surface area contributed by atoms with Crippen molar-refractivity contribution in [2.24, 2.45) is 5.41 Å². The van der Waals surface area contributed by atoms with E-state index in [4.69, 9.17) is 16.9 Å². The fourth-order valence-electron chi connectivity index (χ4n) is 2.29. The second-order valence-corrected chi connectivity index (χ2v) is 5.80.